The maximum Gasteiger partial charge on any atom is 0.225 e. The fourth-order valence-electron chi connectivity index (χ4n) is 3.61. The third-order valence-corrected chi connectivity index (χ3v) is 5.66. The molecule has 0 aromatic heterocycles. The molecule has 1 atom stereocenters. The smallest absolute Gasteiger partial charge is 0.225 e. The van der Waals surface area contributed by atoms with Crippen molar-refractivity contribution in [3.05, 3.63) is 33.8 Å². The predicted molar refractivity (Wildman–Crippen MR) is 101 cm³/mol. The van der Waals surface area contributed by atoms with E-state index >= 15 is 0 Å². The SMILES string of the molecule is CCCN(C[C@@H]1CC(c2ccc(Cl)c(Cl)c2)=NO1)C(=O)C1CCCC1. The molecule has 0 unspecified atom stereocenters. The van der Waals surface area contributed by atoms with E-state index in [1.54, 1.807) is 6.07 Å². The molecule has 1 amide bonds. The number of oxime groups is 1. The highest BCUT2D eigenvalue weighted by molar-refractivity contribution is 6.42. The summed E-state index contributed by atoms with van der Waals surface area (Å²) in [5.41, 5.74) is 1.77. The van der Waals surface area contributed by atoms with Crippen LogP contribution in [0.25, 0.3) is 0 Å². The first-order valence-electron chi connectivity index (χ1n) is 9.05. The summed E-state index contributed by atoms with van der Waals surface area (Å²) < 4.78 is 0. The topological polar surface area (TPSA) is 41.9 Å². The third-order valence-electron chi connectivity index (χ3n) is 4.92. The highest BCUT2D eigenvalue weighted by Gasteiger charge is 2.31. The Bertz CT molecular complexity index is 657. The molecule has 1 aliphatic carbocycles. The second-order valence-corrected chi connectivity index (χ2v) is 7.68. The Balaban J connectivity index is 1.61. The quantitative estimate of drug-likeness (QED) is 0.700. The second kappa shape index (κ2) is 8.41. The maximum absolute atomic E-state index is 12.8. The Morgan fingerprint density at radius 1 is 1.28 bits per heavy atom. The molecule has 3 rings (SSSR count). The fourth-order valence-corrected chi connectivity index (χ4v) is 3.91. The zero-order chi connectivity index (χ0) is 17.8. The second-order valence-electron chi connectivity index (χ2n) is 6.86. The summed E-state index contributed by atoms with van der Waals surface area (Å²) in [7, 11) is 0. The molecule has 6 heteroatoms. The van der Waals surface area contributed by atoms with E-state index in [2.05, 4.69) is 12.1 Å². The summed E-state index contributed by atoms with van der Waals surface area (Å²) in [6.45, 7) is 3.47. The number of carbonyl (C=O) groups excluding carboxylic acids is 1. The van der Waals surface area contributed by atoms with Crippen LogP contribution in [0.3, 0.4) is 0 Å². The van der Waals surface area contributed by atoms with Gasteiger partial charge in [-0.25, -0.2) is 0 Å². The summed E-state index contributed by atoms with van der Waals surface area (Å²) in [5.74, 6) is 0.481. The number of amides is 1. The third kappa shape index (κ3) is 4.48. The average molecular weight is 383 g/mol. The van der Waals surface area contributed by atoms with E-state index in [-0.39, 0.29) is 17.9 Å². The lowest BCUT2D eigenvalue weighted by Gasteiger charge is -2.27. The van der Waals surface area contributed by atoms with Crippen LogP contribution in [0.5, 0.6) is 0 Å². The molecule has 1 fully saturated rings. The number of rotatable bonds is 6. The molecule has 1 aromatic carbocycles. The number of benzene rings is 1. The van der Waals surface area contributed by atoms with E-state index in [4.69, 9.17) is 28.0 Å². The number of hydrogen-bond donors (Lipinski definition) is 0. The molecule has 0 N–H and O–H groups in total. The van der Waals surface area contributed by atoms with E-state index in [1.165, 1.54) is 12.8 Å². The fraction of sp³-hybridized carbons (Fsp3) is 0.579. The number of halogens is 2. The molecule has 1 aliphatic heterocycles. The minimum Gasteiger partial charge on any atom is -0.390 e. The molecule has 25 heavy (non-hydrogen) atoms. The lowest BCUT2D eigenvalue weighted by atomic mass is 10.0. The van der Waals surface area contributed by atoms with E-state index in [0.29, 0.717) is 23.0 Å². The lowest BCUT2D eigenvalue weighted by molar-refractivity contribution is -0.137. The summed E-state index contributed by atoms with van der Waals surface area (Å²) in [6.07, 6.45) is 5.91. The Hall–Kier alpha value is -1.26. The van der Waals surface area contributed by atoms with Gasteiger partial charge in [0.2, 0.25) is 5.91 Å². The van der Waals surface area contributed by atoms with Gasteiger partial charge in [0.05, 0.1) is 22.3 Å². The highest BCUT2D eigenvalue weighted by Crippen LogP contribution is 2.28. The van der Waals surface area contributed by atoms with Gasteiger partial charge in [-0.3, -0.25) is 4.79 Å². The zero-order valence-electron chi connectivity index (χ0n) is 14.5. The standard InChI is InChI=1S/C19H24Cl2N2O2/c1-2-9-23(19(24)13-5-3-4-6-13)12-15-11-18(22-25-15)14-7-8-16(20)17(21)10-14/h7-8,10,13,15H,2-6,9,11-12H2,1H3/t15-/m0/s1. The summed E-state index contributed by atoms with van der Waals surface area (Å²) in [4.78, 5) is 20.3. The van der Waals surface area contributed by atoms with Crippen LogP contribution in [0.1, 0.15) is 51.0 Å². The van der Waals surface area contributed by atoms with Gasteiger partial charge >= 0.3 is 0 Å². The zero-order valence-corrected chi connectivity index (χ0v) is 16.0. The number of nitrogens with zero attached hydrogens (tertiary/aromatic N) is 2. The van der Waals surface area contributed by atoms with E-state index in [9.17, 15) is 4.79 Å². The summed E-state index contributed by atoms with van der Waals surface area (Å²) in [5, 5.41) is 5.24. The first-order valence-corrected chi connectivity index (χ1v) is 9.81. The van der Waals surface area contributed by atoms with Crippen molar-refractivity contribution in [1.29, 1.82) is 0 Å². The molecule has 1 aromatic rings. The van der Waals surface area contributed by atoms with Crippen molar-refractivity contribution in [2.24, 2.45) is 11.1 Å². The normalized spacial score (nSPS) is 20.4. The molecular weight excluding hydrogens is 359 g/mol. The summed E-state index contributed by atoms with van der Waals surface area (Å²) in [6, 6.07) is 5.47. The van der Waals surface area contributed by atoms with Crippen LogP contribution in [0, 0.1) is 5.92 Å². The first kappa shape index (κ1) is 18.5. The number of carbonyl (C=O) groups is 1. The van der Waals surface area contributed by atoms with Crippen molar-refractivity contribution < 1.29 is 9.63 Å². The van der Waals surface area contributed by atoms with Crippen LogP contribution < -0.4 is 0 Å². The van der Waals surface area contributed by atoms with Crippen molar-refractivity contribution in [2.75, 3.05) is 13.1 Å². The Kier molecular flexibility index (Phi) is 6.24. The van der Waals surface area contributed by atoms with Crippen LogP contribution in [0.2, 0.25) is 10.0 Å². The van der Waals surface area contributed by atoms with Gasteiger partial charge in [0.1, 0.15) is 0 Å². The van der Waals surface area contributed by atoms with Gasteiger partial charge in [0.25, 0.3) is 0 Å². The largest absolute Gasteiger partial charge is 0.390 e. The minimum atomic E-state index is -0.0960. The van der Waals surface area contributed by atoms with Crippen molar-refractivity contribution in [3.63, 3.8) is 0 Å². The molecule has 2 aliphatic rings. The van der Waals surface area contributed by atoms with Gasteiger partial charge in [-0.05, 0) is 31.4 Å². The van der Waals surface area contributed by atoms with Crippen LogP contribution >= 0.6 is 23.2 Å². The van der Waals surface area contributed by atoms with Crippen molar-refractivity contribution in [1.82, 2.24) is 4.90 Å². The molecule has 0 spiro atoms. The molecule has 136 valence electrons. The Morgan fingerprint density at radius 3 is 2.72 bits per heavy atom. The maximum atomic E-state index is 12.8. The monoisotopic (exact) mass is 382 g/mol. The van der Waals surface area contributed by atoms with E-state index in [0.717, 1.165) is 37.1 Å². The number of hydrogen-bond acceptors (Lipinski definition) is 3. The molecule has 1 heterocycles. The van der Waals surface area contributed by atoms with E-state index in [1.807, 2.05) is 17.0 Å². The van der Waals surface area contributed by atoms with Crippen LogP contribution in [-0.4, -0.2) is 35.7 Å². The minimum absolute atomic E-state index is 0.0960. The first-order chi connectivity index (χ1) is 12.1. The average Bonchev–Trinajstić information content (AvgIpc) is 3.28. The molecular formula is C19H24Cl2N2O2. The Labute approximate surface area is 159 Å². The van der Waals surface area contributed by atoms with Crippen molar-refractivity contribution in [3.8, 4) is 0 Å². The van der Waals surface area contributed by atoms with Gasteiger partial charge in [0.15, 0.2) is 6.10 Å². The predicted octanol–water partition coefficient (Wildman–Crippen LogP) is 4.92. The lowest BCUT2D eigenvalue weighted by Crippen LogP contribution is -2.41. The Morgan fingerprint density at radius 2 is 2.04 bits per heavy atom. The van der Waals surface area contributed by atoms with Gasteiger partial charge < -0.3 is 9.74 Å². The van der Waals surface area contributed by atoms with Crippen LogP contribution in [0.15, 0.2) is 23.4 Å². The van der Waals surface area contributed by atoms with Gasteiger partial charge in [0, 0.05) is 24.4 Å². The van der Waals surface area contributed by atoms with Crippen molar-refractivity contribution >= 4 is 34.8 Å². The van der Waals surface area contributed by atoms with Gasteiger partial charge in [-0.15, -0.1) is 0 Å². The van der Waals surface area contributed by atoms with Gasteiger partial charge in [-0.1, -0.05) is 54.2 Å². The highest BCUT2D eigenvalue weighted by atomic mass is 35.5. The van der Waals surface area contributed by atoms with Crippen molar-refractivity contribution in [2.45, 2.75) is 51.6 Å². The molecule has 0 bridgehead atoms. The van der Waals surface area contributed by atoms with E-state index < -0.39 is 0 Å². The summed E-state index contributed by atoms with van der Waals surface area (Å²) >= 11 is 12.1. The van der Waals surface area contributed by atoms with Gasteiger partial charge in [-0.2, -0.15) is 0 Å². The molecule has 0 saturated heterocycles. The van der Waals surface area contributed by atoms with Crippen LogP contribution in [-0.2, 0) is 9.63 Å². The van der Waals surface area contributed by atoms with Crippen LogP contribution in [0.4, 0.5) is 0 Å². The molecule has 4 nitrogen and oxygen atoms in total. The molecule has 0 radical (unpaired) electrons. The molecule has 1 saturated carbocycles.